The average molecular weight is 425 g/mol. The van der Waals surface area contributed by atoms with Crippen LogP contribution < -0.4 is 4.72 Å². The van der Waals surface area contributed by atoms with Crippen LogP contribution in [0, 0.1) is 6.92 Å². The van der Waals surface area contributed by atoms with Gasteiger partial charge in [0.2, 0.25) is 0 Å². The standard InChI is InChI=1S/C22H24N4O3S/c1-17-4-2-3-5-21(17)24-30(28,29)20-8-6-18(7-9-20)22(27)25-13-10-19(11-14-25)26-15-12-23-16-26/h2-9,12,15-16,19,24H,10-11,13-14H2,1H3. The number of para-hydroxylation sites is 1. The number of nitrogens with one attached hydrogen (secondary N) is 1. The lowest BCUT2D eigenvalue weighted by atomic mass is 10.0. The van der Waals surface area contributed by atoms with Crippen LogP contribution in [0.1, 0.15) is 34.8 Å². The summed E-state index contributed by atoms with van der Waals surface area (Å²) in [5.74, 6) is -0.0742. The molecule has 8 heteroatoms. The van der Waals surface area contributed by atoms with Crippen molar-refractivity contribution in [3.63, 3.8) is 0 Å². The summed E-state index contributed by atoms with van der Waals surface area (Å²) < 4.78 is 30.0. The minimum atomic E-state index is -3.72. The fourth-order valence-electron chi connectivity index (χ4n) is 3.70. The topological polar surface area (TPSA) is 84.3 Å². The van der Waals surface area contributed by atoms with Crippen molar-refractivity contribution < 1.29 is 13.2 Å². The molecule has 0 atom stereocenters. The Labute approximate surface area is 176 Å². The normalized spacial score (nSPS) is 15.2. The Balaban J connectivity index is 1.42. The van der Waals surface area contributed by atoms with Gasteiger partial charge < -0.3 is 9.47 Å². The van der Waals surface area contributed by atoms with Gasteiger partial charge in [-0.25, -0.2) is 13.4 Å². The molecule has 1 saturated heterocycles. The first-order chi connectivity index (χ1) is 14.4. The molecule has 7 nitrogen and oxygen atoms in total. The van der Waals surface area contributed by atoms with Gasteiger partial charge in [0, 0.05) is 37.1 Å². The fourth-order valence-corrected chi connectivity index (χ4v) is 4.83. The third-order valence-electron chi connectivity index (χ3n) is 5.50. The number of anilines is 1. The molecule has 156 valence electrons. The molecule has 3 aromatic rings. The molecule has 0 saturated carbocycles. The zero-order chi connectivity index (χ0) is 21.1. The van der Waals surface area contributed by atoms with Crippen molar-refractivity contribution in [1.29, 1.82) is 0 Å². The molecule has 0 spiro atoms. The molecule has 0 unspecified atom stereocenters. The molecule has 1 amide bonds. The number of carbonyl (C=O) groups is 1. The Kier molecular flexibility index (Phi) is 5.59. The van der Waals surface area contributed by atoms with Crippen LogP contribution in [0.5, 0.6) is 0 Å². The summed E-state index contributed by atoms with van der Waals surface area (Å²) in [5.41, 5.74) is 1.87. The number of piperidine rings is 1. The first kappa shape index (κ1) is 20.2. The summed E-state index contributed by atoms with van der Waals surface area (Å²) in [6.45, 7) is 3.17. The van der Waals surface area contributed by atoms with Gasteiger partial charge in [0.15, 0.2) is 0 Å². The molecule has 2 heterocycles. The van der Waals surface area contributed by atoms with Gasteiger partial charge in [-0.05, 0) is 55.7 Å². The second-order valence-corrected chi connectivity index (χ2v) is 9.16. The number of hydrogen-bond acceptors (Lipinski definition) is 4. The lowest BCUT2D eigenvalue weighted by Crippen LogP contribution is -2.38. The predicted octanol–water partition coefficient (Wildman–Crippen LogP) is 3.47. The van der Waals surface area contributed by atoms with Crippen molar-refractivity contribution in [3.05, 3.63) is 78.4 Å². The van der Waals surface area contributed by atoms with Crippen LogP contribution in [-0.4, -0.2) is 41.9 Å². The Morgan fingerprint density at radius 3 is 2.40 bits per heavy atom. The summed E-state index contributed by atoms with van der Waals surface area (Å²) in [6, 6.07) is 13.7. The maximum absolute atomic E-state index is 12.8. The number of rotatable bonds is 5. The van der Waals surface area contributed by atoms with Crippen LogP contribution in [0.25, 0.3) is 0 Å². The van der Waals surface area contributed by atoms with Gasteiger partial charge in [0.25, 0.3) is 15.9 Å². The molecule has 30 heavy (non-hydrogen) atoms. The molecule has 2 aromatic carbocycles. The van der Waals surface area contributed by atoms with E-state index in [1.165, 1.54) is 12.1 Å². The molecule has 1 fully saturated rings. The molecular weight excluding hydrogens is 400 g/mol. The maximum atomic E-state index is 12.8. The Hall–Kier alpha value is -3.13. The predicted molar refractivity (Wildman–Crippen MR) is 115 cm³/mol. The summed E-state index contributed by atoms with van der Waals surface area (Å²) in [5, 5.41) is 0. The number of likely N-dealkylation sites (tertiary alicyclic amines) is 1. The number of carbonyl (C=O) groups excluding carboxylic acids is 1. The van der Waals surface area contributed by atoms with E-state index < -0.39 is 10.0 Å². The third kappa shape index (κ3) is 4.23. The highest BCUT2D eigenvalue weighted by atomic mass is 32.2. The van der Waals surface area contributed by atoms with Crippen molar-refractivity contribution >= 4 is 21.6 Å². The monoisotopic (exact) mass is 424 g/mol. The van der Waals surface area contributed by atoms with Crippen molar-refractivity contribution in [3.8, 4) is 0 Å². The van der Waals surface area contributed by atoms with E-state index in [1.54, 1.807) is 30.5 Å². The summed E-state index contributed by atoms with van der Waals surface area (Å²) in [6.07, 6.45) is 7.27. The second kappa shape index (κ2) is 8.31. The van der Waals surface area contributed by atoms with Crippen LogP contribution >= 0.6 is 0 Å². The van der Waals surface area contributed by atoms with E-state index in [-0.39, 0.29) is 10.8 Å². The van der Waals surface area contributed by atoms with Gasteiger partial charge >= 0.3 is 0 Å². The van der Waals surface area contributed by atoms with E-state index in [0.717, 1.165) is 18.4 Å². The van der Waals surface area contributed by atoms with Gasteiger partial charge in [-0.15, -0.1) is 0 Å². The fraction of sp³-hybridized carbons (Fsp3) is 0.273. The SMILES string of the molecule is Cc1ccccc1NS(=O)(=O)c1ccc(C(=O)N2CCC(n3ccnc3)CC2)cc1. The van der Waals surface area contributed by atoms with Crippen molar-refractivity contribution in [2.75, 3.05) is 17.8 Å². The summed E-state index contributed by atoms with van der Waals surface area (Å²) in [4.78, 5) is 18.9. The Bertz CT molecular complexity index is 1120. The van der Waals surface area contributed by atoms with Crippen molar-refractivity contribution in [2.24, 2.45) is 0 Å². The number of hydrogen-bond donors (Lipinski definition) is 1. The Morgan fingerprint density at radius 2 is 1.77 bits per heavy atom. The number of imidazole rings is 1. The molecule has 0 aliphatic carbocycles. The van der Waals surface area contributed by atoms with Gasteiger partial charge in [-0.2, -0.15) is 0 Å². The van der Waals surface area contributed by atoms with Gasteiger partial charge in [-0.1, -0.05) is 18.2 Å². The number of benzene rings is 2. The van der Waals surface area contributed by atoms with E-state index in [0.29, 0.717) is 30.4 Å². The minimum Gasteiger partial charge on any atom is -0.338 e. The number of nitrogens with zero attached hydrogens (tertiary/aromatic N) is 3. The quantitative estimate of drug-likeness (QED) is 0.680. The highest BCUT2D eigenvalue weighted by Crippen LogP contribution is 2.24. The molecule has 1 N–H and O–H groups in total. The second-order valence-electron chi connectivity index (χ2n) is 7.48. The lowest BCUT2D eigenvalue weighted by molar-refractivity contribution is 0.0694. The first-order valence-corrected chi connectivity index (χ1v) is 11.4. The van der Waals surface area contributed by atoms with Gasteiger partial charge in [-0.3, -0.25) is 9.52 Å². The van der Waals surface area contributed by atoms with E-state index in [9.17, 15) is 13.2 Å². The van der Waals surface area contributed by atoms with Crippen LogP contribution in [0.4, 0.5) is 5.69 Å². The molecule has 1 aliphatic rings. The van der Waals surface area contributed by atoms with E-state index in [2.05, 4.69) is 14.3 Å². The molecule has 0 radical (unpaired) electrons. The van der Waals surface area contributed by atoms with Crippen molar-refractivity contribution in [2.45, 2.75) is 30.7 Å². The van der Waals surface area contributed by atoms with E-state index in [4.69, 9.17) is 0 Å². The lowest BCUT2D eigenvalue weighted by Gasteiger charge is -2.32. The zero-order valence-electron chi connectivity index (χ0n) is 16.7. The van der Waals surface area contributed by atoms with Crippen LogP contribution in [-0.2, 0) is 10.0 Å². The van der Waals surface area contributed by atoms with Gasteiger partial charge in [0.05, 0.1) is 16.9 Å². The molecule has 1 aliphatic heterocycles. The van der Waals surface area contributed by atoms with Crippen LogP contribution in [0.2, 0.25) is 0 Å². The average Bonchev–Trinajstić information content (AvgIpc) is 3.30. The Morgan fingerprint density at radius 1 is 1.07 bits per heavy atom. The zero-order valence-corrected chi connectivity index (χ0v) is 17.5. The van der Waals surface area contributed by atoms with E-state index in [1.807, 2.05) is 36.5 Å². The highest BCUT2D eigenvalue weighted by molar-refractivity contribution is 7.92. The first-order valence-electron chi connectivity index (χ1n) is 9.89. The van der Waals surface area contributed by atoms with Crippen LogP contribution in [0.3, 0.4) is 0 Å². The number of aromatic nitrogens is 2. The minimum absolute atomic E-state index is 0.0742. The summed E-state index contributed by atoms with van der Waals surface area (Å²) in [7, 11) is -3.72. The summed E-state index contributed by atoms with van der Waals surface area (Å²) >= 11 is 0. The molecular formula is C22H24N4O3S. The molecule has 0 bridgehead atoms. The third-order valence-corrected chi connectivity index (χ3v) is 6.88. The van der Waals surface area contributed by atoms with Crippen molar-refractivity contribution in [1.82, 2.24) is 14.5 Å². The van der Waals surface area contributed by atoms with E-state index >= 15 is 0 Å². The molecule has 1 aromatic heterocycles. The number of aryl methyl sites for hydroxylation is 1. The highest BCUT2D eigenvalue weighted by Gasteiger charge is 2.25. The molecule has 4 rings (SSSR count). The number of sulfonamides is 1. The van der Waals surface area contributed by atoms with Gasteiger partial charge in [0.1, 0.15) is 0 Å². The maximum Gasteiger partial charge on any atom is 0.261 e. The largest absolute Gasteiger partial charge is 0.338 e. The smallest absolute Gasteiger partial charge is 0.261 e. The van der Waals surface area contributed by atoms with Crippen LogP contribution in [0.15, 0.2) is 72.1 Å². The number of amides is 1.